The summed E-state index contributed by atoms with van der Waals surface area (Å²) in [6.45, 7) is 3.15. The molecule has 0 bridgehead atoms. The zero-order chi connectivity index (χ0) is 19.3. The van der Waals surface area contributed by atoms with E-state index >= 15 is 0 Å². The van der Waals surface area contributed by atoms with Gasteiger partial charge in [-0.15, -0.1) is 0 Å². The predicted octanol–water partition coefficient (Wildman–Crippen LogP) is 5.08. The lowest BCUT2D eigenvalue weighted by Gasteiger charge is -2.35. The van der Waals surface area contributed by atoms with Crippen molar-refractivity contribution in [3.05, 3.63) is 71.7 Å². The van der Waals surface area contributed by atoms with E-state index in [1.165, 1.54) is 11.6 Å². The molecule has 1 fully saturated rings. The molecule has 1 aromatic heterocycles. The molecule has 1 aliphatic rings. The molecule has 3 nitrogen and oxygen atoms in total. The smallest absolute Gasteiger partial charge is 0.123 e. The highest BCUT2D eigenvalue weighted by Crippen LogP contribution is 2.30. The summed E-state index contributed by atoms with van der Waals surface area (Å²) in [5.41, 5.74) is 3.23. The minimum atomic E-state index is -0.370. The number of nitrogens with one attached hydrogen (secondary N) is 1. The molecule has 2 atom stereocenters. The Morgan fingerprint density at radius 2 is 2.00 bits per heavy atom. The predicted molar refractivity (Wildman–Crippen MR) is 112 cm³/mol. The van der Waals surface area contributed by atoms with E-state index in [0.29, 0.717) is 5.92 Å². The topological polar surface area (TPSA) is 39.3 Å². The van der Waals surface area contributed by atoms with Gasteiger partial charge < -0.3 is 15.0 Å². The first-order valence-corrected chi connectivity index (χ1v) is 10.4. The lowest BCUT2D eigenvalue weighted by atomic mass is 9.88. The summed E-state index contributed by atoms with van der Waals surface area (Å²) >= 11 is 0. The van der Waals surface area contributed by atoms with Crippen LogP contribution in [0.4, 0.5) is 4.39 Å². The van der Waals surface area contributed by atoms with Crippen molar-refractivity contribution >= 4 is 10.9 Å². The summed E-state index contributed by atoms with van der Waals surface area (Å²) in [4.78, 5) is 5.73. The third-order valence-electron chi connectivity index (χ3n) is 6.03. The third kappa shape index (κ3) is 4.45. The lowest BCUT2D eigenvalue weighted by molar-refractivity contribution is 0.0498. The number of unbranched alkanes of at least 4 members (excludes halogenated alkanes) is 1. The average Bonchev–Trinajstić information content (AvgIpc) is 3.13. The largest absolute Gasteiger partial charge is 0.388 e. The van der Waals surface area contributed by atoms with Gasteiger partial charge in [0.15, 0.2) is 0 Å². The Morgan fingerprint density at radius 1 is 1.14 bits per heavy atom. The number of aliphatic hydroxyl groups excluding tert-OH is 1. The van der Waals surface area contributed by atoms with E-state index in [4.69, 9.17) is 0 Å². The van der Waals surface area contributed by atoms with Gasteiger partial charge in [-0.05, 0) is 74.5 Å². The second kappa shape index (κ2) is 8.89. The molecule has 0 amide bonds. The molecule has 1 unspecified atom stereocenters. The number of aliphatic hydroxyl groups is 1. The fraction of sp³-hybridized carbons (Fsp3) is 0.417. The zero-order valence-corrected chi connectivity index (χ0v) is 16.3. The molecule has 2 N–H and O–H groups in total. The van der Waals surface area contributed by atoms with Gasteiger partial charge in [0.25, 0.3) is 0 Å². The number of aromatic nitrogens is 1. The van der Waals surface area contributed by atoms with Gasteiger partial charge in [0.1, 0.15) is 5.82 Å². The van der Waals surface area contributed by atoms with E-state index in [1.54, 1.807) is 12.1 Å². The molecule has 2 heterocycles. The van der Waals surface area contributed by atoms with Gasteiger partial charge in [0.05, 0.1) is 6.10 Å². The lowest BCUT2D eigenvalue weighted by Crippen LogP contribution is -2.38. The van der Waals surface area contributed by atoms with Crippen LogP contribution in [-0.2, 0) is 6.42 Å². The van der Waals surface area contributed by atoms with Crippen molar-refractivity contribution in [1.82, 2.24) is 9.88 Å². The molecule has 1 saturated heterocycles. The molecule has 1 aliphatic heterocycles. The number of benzene rings is 2. The molecule has 0 spiro atoms. The van der Waals surface area contributed by atoms with Crippen molar-refractivity contribution in [3.8, 4) is 0 Å². The Labute approximate surface area is 166 Å². The minimum absolute atomic E-state index is 0.176. The maximum atomic E-state index is 13.5. The van der Waals surface area contributed by atoms with Crippen LogP contribution in [0.15, 0.2) is 54.7 Å². The Bertz CT molecular complexity index is 892. The first-order chi connectivity index (χ1) is 13.7. The van der Waals surface area contributed by atoms with Crippen LogP contribution in [0, 0.1) is 11.7 Å². The summed E-state index contributed by atoms with van der Waals surface area (Å²) in [6.07, 6.45) is 7.06. The number of halogens is 1. The van der Waals surface area contributed by atoms with Crippen molar-refractivity contribution in [2.45, 2.75) is 38.2 Å². The summed E-state index contributed by atoms with van der Waals surface area (Å²) in [6, 6.07) is 15.0. The highest BCUT2D eigenvalue weighted by atomic mass is 19.1. The number of hydrogen-bond donors (Lipinski definition) is 2. The van der Waals surface area contributed by atoms with Crippen LogP contribution in [0.3, 0.4) is 0 Å². The van der Waals surface area contributed by atoms with E-state index in [-0.39, 0.29) is 11.9 Å². The van der Waals surface area contributed by atoms with Gasteiger partial charge in [-0.3, -0.25) is 0 Å². The van der Waals surface area contributed by atoms with E-state index in [0.717, 1.165) is 68.2 Å². The maximum absolute atomic E-state index is 13.5. The van der Waals surface area contributed by atoms with Crippen molar-refractivity contribution in [2.75, 3.05) is 19.6 Å². The Kier molecular flexibility index (Phi) is 6.08. The number of fused-ring (bicyclic) bond motifs is 1. The van der Waals surface area contributed by atoms with E-state index < -0.39 is 0 Å². The van der Waals surface area contributed by atoms with Crippen molar-refractivity contribution in [1.29, 1.82) is 0 Å². The molecule has 3 aromatic rings. The van der Waals surface area contributed by atoms with Crippen LogP contribution in [0.1, 0.15) is 42.9 Å². The highest BCUT2D eigenvalue weighted by Gasteiger charge is 2.26. The molecule has 28 heavy (non-hydrogen) atoms. The summed E-state index contributed by atoms with van der Waals surface area (Å²) in [7, 11) is 0. The average molecular weight is 381 g/mol. The van der Waals surface area contributed by atoms with E-state index in [1.807, 2.05) is 36.5 Å². The van der Waals surface area contributed by atoms with Gasteiger partial charge in [0, 0.05) is 29.6 Å². The molecule has 148 valence electrons. The molecule has 0 radical (unpaired) electrons. The van der Waals surface area contributed by atoms with Crippen molar-refractivity contribution in [3.63, 3.8) is 0 Å². The summed E-state index contributed by atoms with van der Waals surface area (Å²) in [5.74, 6) is 0.137. The second-order valence-electron chi connectivity index (χ2n) is 8.02. The number of H-pyrrole nitrogens is 1. The quantitative estimate of drug-likeness (QED) is 0.562. The Balaban J connectivity index is 1.26. The van der Waals surface area contributed by atoms with Gasteiger partial charge in [-0.25, -0.2) is 4.39 Å². The molecule has 0 aliphatic carbocycles. The van der Waals surface area contributed by atoms with Gasteiger partial charge >= 0.3 is 0 Å². The zero-order valence-electron chi connectivity index (χ0n) is 16.3. The number of aryl methyl sites for hydroxylation is 1. The monoisotopic (exact) mass is 380 g/mol. The van der Waals surface area contributed by atoms with E-state index in [9.17, 15) is 9.50 Å². The fourth-order valence-electron chi connectivity index (χ4n) is 4.48. The molecular formula is C24H29FN2O. The summed E-state index contributed by atoms with van der Waals surface area (Å²) in [5, 5.41) is 11.7. The number of likely N-dealkylation sites (tertiary alicyclic amines) is 1. The molecule has 2 aromatic carbocycles. The van der Waals surface area contributed by atoms with Gasteiger partial charge in [0.2, 0.25) is 0 Å². The standard InChI is InChI=1S/C24H29FN2O/c25-21-11-12-23-22(15-21)19(16-26-23)9-4-5-13-27-14-6-10-20(17-27)24(28)18-7-2-1-3-8-18/h1-3,7-8,11-12,15-16,20,24,26,28H,4-6,9-10,13-14,17H2/t20-,24?/m1/s1. The normalized spacial score (nSPS) is 19.1. The molecule has 0 saturated carbocycles. The van der Waals surface area contributed by atoms with Crippen LogP contribution in [0.2, 0.25) is 0 Å². The van der Waals surface area contributed by atoms with Crippen molar-refractivity contribution < 1.29 is 9.50 Å². The van der Waals surface area contributed by atoms with Crippen LogP contribution in [-0.4, -0.2) is 34.6 Å². The number of rotatable bonds is 7. The van der Waals surface area contributed by atoms with Crippen LogP contribution in [0.25, 0.3) is 10.9 Å². The van der Waals surface area contributed by atoms with Crippen LogP contribution >= 0.6 is 0 Å². The SMILES string of the molecule is OC(c1ccccc1)[C@@H]1CCCN(CCCCc2c[nH]c3ccc(F)cc23)C1. The fourth-order valence-corrected chi connectivity index (χ4v) is 4.48. The summed E-state index contributed by atoms with van der Waals surface area (Å²) < 4.78 is 13.5. The first kappa shape index (κ1) is 19.2. The number of aromatic amines is 1. The van der Waals surface area contributed by atoms with Crippen molar-refractivity contribution in [2.24, 2.45) is 5.92 Å². The minimum Gasteiger partial charge on any atom is -0.388 e. The molecule has 4 rings (SSSR count). The number of nitrogens with zero attached hydrogens (tertiary/aromatic N) is 1. The Morgan fingerprint density at radius 3 is 2.86 bits per heavy atom. The third-order valence-corrected chi connectivity index (χ3v) is 6.03. The first-order valence-electron chi connectivity index (χ1n) is 10.4. The number of hydrogen-bond acceptors (Lipinski definition) is 2. The van der Waals surface area contributed by atoms with E-state index in [2.05, 4.69) is 9.88 Å². The van der Waals surface area contributed by atoms with Crippen LogP contribution in [0.5, 0.6) is 0 Å². The van der Waals surface area contributed by atoms with Gasteiger partial charge in [-0.2, -0.15) is 0 Å². The highest BCUT2D eigenvalue weighted by molar-refractivity contribution is 5.83. The van der Waals surface area contributed by atoms with Crippen LogP contribution < -0.4 is 0 Å². The molecular weight excluding hydrogens is 351 g/mol. The second-order valence-corrected chi connectivity index (χ2v) is 8.02. The maximum Gasteiger partial charge on any atom is 0.123 e. The van der Waals surface area contributed by atoms with Gasteiger partial charge in [-0.1, -0.05) is 30.3 Å². The Hall–Kier alpha value is -2.17. The number of piperidine rings is 1. The molecule has 4 heteroatoms.